The van der Waals surface area contributed by atoms with Gasteiger partial charge in [0.15, 0.2) is 11.4 Å². The van der Waals surface area contributed by atoms with Crippen molar-refractivity contribution >= 4 is 22.5 Å². The molecule has 1 atom stereocenters. The summed E-state index contributed by atoms with van der Waals surface area (Å²) in [6.45, 7) is 5.53. The van der Waals surface area contributed by atoms with Gasteiger partial charge in [0, 0.05) is 23.4 Å². The molecule has 1 N–H and O–H groups in total. The standard InChI is InChI=1S/C20H26N4O2/c1-14-16-9-5-6-10-17(16)18(23-22-14)24-11-12-26-20(2,13-24)19(25)21-15-7-3-4-8-15/h5-6,9-10,15H,3-4,7-8,11-13H2,1-2H3,(H,21,25)/t20-/m0/s1. The van der Waals surface area contributed by atoms with E-state index in [-0.39, 0.29) is 5.91 Å². The largest absolute Gasteiger partial charge is 0.362 e. The van der Waals surface area contributed by atoms with Crippen molar-refractivity contribution in [1.29, 1.82) is 0 Å². The predicted molar refractivity (Wildman–Crippen MR) is 101 cm³/mol. The molecule has 1 aliphatic carbocycles. The van der Waals surface area contributed by atoms with Gasteiger partial charge in [0.05, 0.1) is 18.8 Å². The number of ether oxygens (including phenoxy) is 1. The highest BCUT2D eigenvalue weighted by atomic mass is 16.5. The Hall–Kier alpha value is -2.21. The number of hydrogen-bond acceptors (Lipinski definition) is 5. The Morgan fingerprint density at radius 3 is 2.73 bits per heavy atom. The SMILES string of the molecule is Cc1nnc(N2CCO[C@](C)(C(=O)NC3CCCC3)C2)c2ccccc12. The average Bonchev–Trinajstić information content (AvgIpc) is 3.15. The van der Waals surface area contributed by atoms with E-state index in [4.69, 9.17) is 4.74 Å². The zero-order valence-corrected chi connectivity index (χ0v) is 15.5. The summed E-state index contributed by atoms with van der Waals surface area (Å²) < 4.78 is 5.92. The number of fused-ring (bicyclic) bond motifs is 1. The van der Waals surface area contributed by atoms with Crippen LogP contribution in [-0.2, 0) is 9.53 Å². The lowest BCUT2D eigenvalue weighted by atomic mass is 10.0. The van der Waals surface area contributed by atoms with Crippen LogP contribution in [0.1, 0.15) is 38.3 Å². The number of aromatic nitrogens is 2. The van der Waals surface area contributed by atoms with Gasteiger partial charge in [-0.05, 0) is 26.7 Å². The highest BCUT2D eigenvalue weighted by molar-refractivity contribution is 5.94. The molecular formula is C20H26N4O2. The lowest BCUT2D eigenvalue weighted by Gasteiger charge is -2.40. The fourth-order valence-electron chi connectivity index (χ4n) is 4.05. The molecule has 0 spiro atoms. The quantitative estimate of drug-likeness (QED) is 0.918. The third-order valence-electron chi connectivity index (χ3n) is 5.60. The van der Waals surface area contributed by atoms with Crippen LogP contribution in [0.5, 0.6) is 0 Å². The number of nitrogens with one attached hydrogen (secondary N) is 1. The molecule has 2 aliphatic rings. The monoisotopic (exact) mass is 354 g/mol. The number of hydrogen-bond donors (Lipinski definition) is 1. The van der Waals surface area contributed by atoms with Crippen molar-refractivity contribution in [3.8, 4) is 0 Å². The Bertz CT molecular complexity index is 819. The first kappa shape index (κ1) is 17.2. The number of carbonyl (C=O) groups is 1. The van der Waals surface area contributed by atoms with Crippen LogP contribution in [-0.4, -0.2) is 47.4 Å². The summed E-state index contributed by atoms with van der Waals surface area (Å²) in [6, 6.07) is 8.45. The van der Waals surface area contributed by atoms with E-state index >= 15 is 0 Å². The molecule has 1 amide bonds. The first-order chi connectivity index (χ1) is 12.6. The Morgan fingerprint density at radius 2 is 1.96 bits per heavy atom. The highest BCUT2D eigenvalue weighted by Gasteiger charge is 2.41. The molecule has 138 valence electrons. The third kappa shape index (κ3) is 3.14. The molecule has 1 saturated carbocycles. The van der Waals surface area contributed by atoms with Crippen molar-refractivity contribution in [2.75, 3.05) is 24.6 Å². The molecular weight excluding hydrogens is 328 g/mol. The maximum Gasteiger partial charge on any atom is 0.254 e. The van der Waals surface area contributed by atoms with Gasteiger partial charge < -0.3 is 15.0 Å². The van der Waals surface area contributed by atoms with Crippen LogP contribution in [0.3, 0.4) is 0 Å². The van der Waals surface area contributed by atoms with E-state index < -0.39 is 5.60 Å². The molecule has 26 heavy (non-hydrogen) atoms. The third-order valence-corrected chi connectivity index (χ3v) is 5.60. The van der Waals surface area contributed by atoms with E-state index in [2.05, 4.69) is 32.5 Å². The van der Waals surface area contributed by atoms with Gasteiger partial charge in [-0.3, -0.25) is 4.79 Å². The molecule has 2 heterocycles. The van der Waals surface area contributed by atoms with Gasteiger partial charge in [-0.1, -0.05) is 37.1 Å². The first-order valence-electron chi connectivity index (χ1n) is 9.49. The van der Waals surface area contributed by atoms with Gasteiger partial charge >= 0.3 is 0 Å². The number of nitrogens with zero attached hydrogens (tertiary/aromatic N) is 3. The second kappa shape index (κ2) is 6.83. The second-order valence-corrected chi connectivity index (χ2v) is 7.61. The van der Waals surface area contributed by atoms with Crippen LogP contribution in [0.15, 0.2) is 24.3 Å². The molecule has 0 radical (unpaired) electrons. The molecule has 1 saturated heterocycles. The topological polar surface area (TPSA) is 67.3 Å². The molecule has 6 nitrogen and oxygen atoms in total. The number of amides is 1. The summed E-state index contributed by atoms with van der Waals surface area (Å²) in [6.07, 6.45) is 4.53. The van der Waals surface area contributed by atoms with Crippen molar-refractivity contribution < 1.29 is 9.53 Å². The van der Waals surface area contributed by atoms with E-state index in [0.717, 1.165) is 35.1 Å². The van der Waals surface area contributed by atoms with Crippen molar-refractivity contribution in [2.24, 2.45) is 0 Å². The minimum atomic E-state index is -0.867. The number of carbonyl (C=O) groups excluding carboxylic acids is 1. The molecule has 1 aliphatic heterocycles. The molecule has 4 rings (SSSR count). The van der Waals surface area contributed by atoms with E-state index in [0.29, 0.717) is 25.7 Å². The molecule has 1 aromatic carbocycles. The lowest BCUT2D eigenvalue weighted by molar-refractivity contribution is -0.147. The maximum atomic E-state index is 12.9. The smallest absolute Gasteiger partial charge is 0.254 e. The summed E-state index contributed by atoms with van der Waals surface area (Å²) in [5, 5.41) is 14.1. The number of aryl methyl sites for hydroxylation is 1. The van der Waals surface area contributed by atoms with E-state index in [9.17, 15) is 4.79 Å². The van der Waals surface area contributed by atoms with Crippen molar-refractivity contribution in [3.05, 3.63) is 30.0 Å². The Balaban J connectivity index is 1.59. The predicted octanol–water partition coefficient (Wildman–Crippen LogP) is 2.59. The fourth-order valence-corrected chi connectivity index (χ4v) is 4.05. The molecule has 2 aromatic rings. The number of anilines is 1. The highest BCUT2D eigenvalue weighted by Crippen LogP contribution is 2.29. The van der Waals surface area contributed by atoms with Crippen LogP contribution < -0.4 is 10.2 Å². The van der Waals surface area contributed by atoms with Crippen LogP contribution in [0.25, 0.3) is 10.8 Å². The molecule has 0 unspecified atom stereocenters. The van der Waals surface area contributed by atoms with E-state index in [1.165, 1.54) is 12.8 Å². The van der Waals surface area contributed by atoms with Crippen molar-refractivity contribution in [3.63, 3.8) is 0 Å². The normalized spacial score (nSPS) is 24.2. The van der Waals surface area contributed by atoms with Gasteiger partial charge in [-0.25, -0.2) is 0 Å². The molecule has 1 aromatic heterocycles. The Kier molecular flexibility index (Phi) is 4.53. The fraction of sp³-hybridized carbons (Fsp3) is 0.550. The van der Waals surface area contributed by atoms with Crippen LogP contribution in [0, 0.1) is 6.92 Å². The number of morpholine rings is 1. The van der Waals surface area contributed by atoms with Gasteiger partial charge in [-0.15, -0.1) is 5.10 Å². The molecule has 2 fully saturated rings. The zero-order valence-electron chi connectivity index (χ0n) is 15.5. The maximum absolute atomic E-state index is 12.9. The summed E-state index contributed by atoms with van der Waals surface area (Å²) in [5.74, 6) is 0.813. The zero-order chi connectivity index (χ0) is 18.1. The van der Waals surface area contributed by atoms with Gasteiger partial charge in [0.25, 0.3) is 5.91 Å². The molecule has 6 heteroatoms. The van der Waals surface area contributed by atoms with Gasteiger partial charge in [0.2, 0.25) is 0 Å². The van der Waals surface area contributed by atoms with Crippen molar-refractivity contribution in [1.82, 2.24) is 15.5 Å². The number of rotatable bonds is 3. The second-order valence-electron chi connectivity index (χ2n) is 7.61. The minimum absolute atomic E-state index is 0.0153. The van der Waals surface area contributed by atoms with Gasteiger partial charge in [0.1, 0.15) is 0 Å². The van der Waals surface area contributed by atoms with Crippen LogP contribution >= 0.6 is 0 Å². The van der Waals surface area contributed by atoms with Gasteiger partial charge in [-0.2, -0.15) is 5.10 Å². The van der Waals surface area contributed by atoms with Crippen LogP contribution in [0.2, 0.25) is 0 Å². The lowest BCUT2D eigenvalue weighted by Crippen LogP contribution is -2.59. The van der Waals surface area contributed by atoms with E-state index in [1.807, 2.05) is 26.0 Å². The summed E-state index contributed by atoms with van der Waals surface area (Å²) in [7, 11) is 0. The Labute approximate surface area is 153 Å². The van der Waals surface area contributed by atoms with E-state index in [1.54, 1.807) is 0 Å². The first-order valence-corrected chi connectivity index (χ1v) is 9.49. The summed E-state index contributed by atoms with van der Waals surface area (Å²) in [5.41, 5.74) is 0.0495. The minimum Gasteiger partial charge on any atom is -0.362 e. The van der Waals surface area contributed by atoms with Crippen LogP contribution in [0.4, 0.5) is 5.82 Å². The summed E-state index contributed by atoms with van der Waals surface area (Å²) >= 11 is 0. The average molecular weight is 354 g/mol. The number of benzene rings is 1. The summed E-state index contributed by atoms with van der Waals surface area (Å²) in [4.78, 5) is 15.0. The Morgan fingerprint density at radius 1 is 1.23 bits per heavy atom. The van der Waals surface area contributed by atoms with Crippen molar-refractivity contribution in [2.45, 2.75) is 51.2 Å². The molecule has 0 bridgehead atoms.